The highest BCUT2D eigenvalue weighted by molar-refractivity contribution is 14.0. The predicted molar refractivity (Wildman–Crippen MR) is 113 cm³/mol. The van der Waals surface area contributed by atoms with Crippen molar-refractivity contribution in [3.8, 4) is 0 Å². The number of unbranched alkanes of at least 4 members (excludes halogenated alkanes) is 1. The average Bonchev–Trinajstić information content (AvgIpc) is 2.56. The fourth-order valence-electron chi connectivity index (χ4n) is 3.07. The molecule has 0 bridgehead atoms. The first-order valence-corrected chi connectivity index (χ1v) is 8.96. The topological polar surface area (TPSA) is 56.7 Å². The summed E-state index contributed by atoms with van der Waals surface area (Å²) in [5.74, 6) is 1.66. The molecule has 0 aromatic carbocycles. The third kappa shape index (κ3) is 10.2. The Hall–Kier alpha value is -0.790. The van der Waals surface area contributed by atoms with Gasteiger partial charge < -0.3 is 15.5 Å². The fourth-order valence-corrected chi connectivity index (χ4v) is 3.07. The fraction of sp³-hybridized carbons (Fsp3) is 0.778. The molecule has 0 unspecified atom stereocenters. The molecule has 0 saturated heterocycles. The lowest BCUT2D eigenvalue weighted by Crippen LogP contribution is -2.43. The number of hydrogen-bond acceptors (Lipinski definition) is 2. The van der Waals surface area contributed by atoms with E-state index in [1.165, 1.54) is 32.1 Å². The van der Waals surface area contributed by atoms with Crippen LogP contribution in [0.2, 0.25) is 0 Å². The number of hydrogen-bond donors (Lipinski definition) is 2. The number of halogens is 1. The maximum absolute atomic E-state index is 11.9. The van der Waals surface area contributed by atoms with Crippen LogP contribution in [-0.4, -0.2) is 50.5 Å². The second-order valence-electron chi connectivity index (χ2n) is 6.38. The number of carbonyl (C=O) groups excluding carboxylic acids is 1. The number of aliphatic imine (C=N–C) groups is 1. The van der Waals surface area contributed by atoms with Crippen LogP contribution in [0.25, 0.3) is 0 Å². The van der Waals surface area contributed by atoms with E-state index in [2.05, 4.69) is 27.1 Å². The summed E-state index contributed by atoms with van der Waals surface area (Å²) in [7, 11) is 3.81. The van der Waals surface area contributed by atoms with Crippen molar-refractivity contribution >= 4 is 35.8 Å². The van der Waals surface area contributed by atoms with Gasteiger partial charge in [0, 0.05) is 40.2 Å². The lowest BCUT2D eigenvalue weighted by Gasteiger charge is -2.22. The van der Waals surface area contributed by atoms with Crippen LogP contribution >= 0.6 is 24.0 Å². The second-order valence-corrected chi connectivity index (χ2v) is 6.38. The molecule has 0 radical (unpaired) electrons. The lowest BCUT2D eigenvalue weighted by atomic mass is 9.87. The summed E-state index contributed by atoms with van der Waals surface area (Å²) in [6, 6.07) is 0. The largest absolute Gasteiger partial charge is 0.354 e. The SMILES string of the molecule is C=CCCCN(C)C(=NC)NCCNC(=O)CC1CCCCC1.I. The van der Waals surface area contributed by atoms with E-state index < -0.39 is 0 Å². The maximum Gasteiger partial charge on any atom is 0.220 e. The Morgan fingerprint density at radius 2 is 1.92 bits per heavy atom. The molecule has 5 nitrogen and oxygen atoms in total. The summed E-state index contributed by atoms with van der Waals surface area (Å²) in [4.78, 5) is 18.3. The molecule has 1 saturated carbocycles. The van der Waals surface area contributed by atoms with Crippen molar-refractivity contribution < 1.29 is 4.79 Å². The van der Waals surface area contributed by atoms with Crippen molar-refractivity contribution in [2.45, 2.75) is 51.4 Å². The molecule has 0 aromatic rings. The van der Waals surface area contributed by atoms with Gasteiger partial charge in [-0.15, -0.1) is 30.6 Å². The van der Waals surface area contributed by atoms with E-state index in [0.717, 1.165) is 25.3 Å². The van der Waals surface area contributed by atoms with Gasteiger partial charge in [-0.25, -0.2) is 0 Å². The molecule has 2 N–H and O–H groups in total. The number of rotatable bonds is 9. The molecule has 0 atom stereocenters. The van der Waals surface area contributed by atoms with Gasteiger partial charge in [0.05, 0.1) is 0 Å². The minimum absolute atomic E-state index is 0. The van der Waals surface area contributed by atoms with E-state index in [1.54, 1.807) is 7.05 Å². The van der Waals surface area contributed by atoms with Crippen LogP contribution in [0.5, 0.6) is 0 Å². The number of guanidine groups is 1. The summed E-state index contributed by atoms with van der Waals surface area (Å²) >= 11 is 0. The van der Waals surface area contributed by atoms with Crippen LogP contribution in [-0.2, 0) is 4.79 Å². The van der Waals surface area contributed by atoms with Gasteiger partial charge >= 0.3 is 0 Å². The molecule has 1 aliphatic carbocycles. The summed E-state index contributed by atoms with van der Waals surface area (Å²) in [6.45, 7) is 6.03. The average molecular weight is 450 g/mol. The molecule has 140 valence electrons. The summed E-state index contributed by atoms with van der Waals surface area (Å²) in [6.07, 6.45) is 11.0. The van der Waals surface area contributed by atoms with E-state index in [1.807, 2.05) is 13.1 Å². The van der Waals surface area contributed by atoms with E-state index in [-0.39, 0.29) is 29.9 Å². The third-order valence-electron chi connectivity index (χ3n) is 4.40. The zero-order valence-corrected chi connectivity index (χ0v) is 17.7. The number of nitrogens with one attached hydrogen (secondary N) is 2. The van der Waals surface area contributed by atoms with Gasteiger partial charge in [0.2, 0.25) is 5.91 Å². The molecule has 0 heterocycles. The van der Waals surface area contributed by atoms with Crippen molar-refractivity contribution in [3.05, 3.63) is 12.7 Å². The van der Waals surface area contributed by atoms with E-state index in [4.69, 9.17) is 0 Å². The Balaban J connectivity index is 0.00000529. The molecule has 0 spiro atoms. The Labute approximate surface area is 164 Å². The molecular weight excluding hydrogens is 415 g/mol. The molecule has 1 amide bonds. The minimum Gasteiger partial charge on any atom is -0.354 e. The normalized spacial score (nSPS) is 15.3. The van der Waals surface area contributed by atoms with Gasteiger partial charge in [-0.1, -0.05) is 25.3 Å². The van der Waals surface area contributed by atoms with E-state index >= 15 is 0 Å². The predicted octanol–water partition coefficient (Wildman–Crippen LogP) is 3.16. The zero-order chi connectivity index (χ0) is 16.9. The highest BCUT2D eigenvalue weighted by atomic mass is 127. The summed E-state index contributed by atoms with van der Waals surface area (Å²) in [5.41, 5.74) is 0. The van der Waals surface area contributed by atoms with Crippen molar-refractivity contribution in [1.29, 1.82) is 0 Å². The van der Waals surface area contributed by atoms with Crippen molar-refractivity contribution in [1.82, 2.24) is 15.5 Å². The van der Waals surface area contributed by atoms with Gasteiger partial charge in [0.25, 0.3) is 0 Å². The van der Waals surface area contributed by atoms with E-state index in [9.17, 15) is 4.79 Å². The maximum atomic E-state index is 11.9. The number of nitrogens with zero attached hydrogens (tertiary/aromatic N) is 2. The number of amides is 1. The standard InChI is InChI=1S/C18H34N4O.HI/c1-4-5-9-14-22(3)18(19-2)21-13-12-20-17(23)15-16-10-7-6-8-11-16;/h4,16H,1,5-15H2,2-3H3,(H,19,21)(H,20,23);1H. The van der Waals surface area contributed by atoms with Gasteiger partial charge in [-0.05, 0) is 31.6 Å². The number of allylic oxidation sites excluding steroid dienone is 1. The molecule has 0 aliphatic heterocycles. The minimum atomic E-state index is 0. The first-order valence-electron chi connectivity index (χ1n) is 8.96. The van der Waals surface area contributed by atoms with Crippen molar-refractivity contribution in [2.24, 2.45) is 10.9 Å². The Kier molecular flexibility index (Phi) is 14.1. The summed E-state index contributed by atoms with van der Waals surface area (Å²) < 4.78 is 0. The van der Waals surface area contributed by atoms with Gasteiger partial charge in [-0.2, -0.15) is 0 Å². The first kappa shape index (κ1) is 23.2. The van der Waals surface area contributed by atoms with Gasteiger partial charge in [0.15, 0.2) is 5.96 Å². The van der Waals surface area contributed by atoms with Gasteiger partial charge in [0.1, 0.15) is 0 Å². The van der Waals surface area contributed by atoms with Gasteiger partial charge in [-0.3, -0.25) is 9.79 Å². The molecule has 0 aromatic heterocycles. The van der Waals surface area contributed by atoms with Crippen molar-refractivity contribution in [3.63, 3.8) is 0 Å². The Bertz CT molecular complexity index is 381. The van der Waals surface area contributed by atoms with Crippen LogP contribution in [0.1, 0.15) is 51.4 Å². The molecule has 24 heavy (non-hydrogen) atoms. The molecular formula is C18H35IN4O. The molecule has 1 rings (SSSR count). The highest BCUT2D eigenvalue weighted by Gasteiger charge is 2.16. The monoisotopic (exact) mass is 450 g/mol. The van der Waals surface area contributed by atoms with Crippen LogP contribution in [0.3, 0.4) is 0 Å². The van der Waals surface area contributed by atoms with Crippen LogP contribution in [0.4, 0.5) is 0 Å². The van der Waals surface area contributed by atoms with E-state index in [0.29, 0.717) is 25.4 Å². The summed E-state index contributed by atoms with van der Waals surface area (Å²) in [5, 5.41) is 6.30. The molecule has 6 heteroatoms. The van der Waals surface area contributed by atoms with Crippen molar-refractivity contribution in [2.75, 3.05) is 33.7 Å². The second kappa shape index (κ2) is 14.5. The Morgan fingerprint density at radius 1 is 1.25 bits per heavy atom. The van der Waals surface area contributed by atoms with Crippen LogP contribution in [0.15, 0.2) is 17.6 Å². The van der Waals surface area contributed by atoms with Crippen LogP contribution in [0, 0.1) is 5.92 Å². The molecule has 1 fully saturated rings. The first-order chi connectivity index (χ1) is 11.2. The third-order valence-corrected chi connectivity index (χ3v) is 4.40. The molecule has 1 aliphatic rings. The quantitative estimate of drug-likeness (QED) is 0.187. The smallest absolute Gasteiger partial charge is 0.220 e. The lowest BCUT2D eigenvalue weighted by molar-refractivity contribution is -0.122. The highest BCUT2D eigenvalue weighted by Crippen LogP contribution is 2.25. The number of carbonyl (C=O) groups is 1. The zero-order valence-electron chi connectivity index (χ0n) is 15.4. The Morgan fingerprint density at radius 3 is 2.54 bits per heavy atom. The van der Waals surface area contributed by atoms with Crippen LogP contribution < -0.4 is 10.6 Å².